The van der Waals surface area contributed by atoms with Crippen molar-refractivity contribution in [3.8, 4) is 0 Å². The second kappa shape index (κ2) is 8.83. The summed E-state index contributed by atoms with van der Waals surface area (Å²) in [4.78, 5) is 50.5. The van der Waals surface area contributed by atoms with E-state index in [-0.39, 0.29) is 22.2 Å². The predicted molar refractivity (Wildman–Crippen MR) is 123 cm³/mol. The molecule has 4 fully saturated rings. The van der Waals surface area contributed by atoms with Crippen molar-refractivity contribution in [2.75, 3.05) is 64.4 Å². The van der Waals surface area contributed by atoms with E-state index in [4.69, 9.17) is 10.6 Å². The molecule has 6 heterocycles. The quantitative estimate of drug-likeness (QED) is 0.178. The van der Waals surface area contributed by atoms with Gasteiger partial charge in [0.1, 0.15) is 30.8 Å². The summed E-state index contributed by atoms with van der Waals surface area (Å²) in [5, 5.41) is 19.8. The number of hydrogen-bond donors (Lipinski definition) is 2. The highest BCUT2D eigenvalue weighted by Crippen LogP contribution is 2.41. The Labute approximate surface area is 204 Å². The van der Waals surface area contributed by atoms with Crippen LogP contribution >= 0.6 is 23.1 Å². The molecule has 2 bridgehead atoms. The van der Waals surface area contributed by atoms with Crippen LogP contribution in [0.4, 0.5) is 5.13 Å². The Kier molecular flexibility index (Phi) is 6.00. The summed E-state index contributed by atoms with van der Waals surface area (Å²) in [6.07, 6.45) is 0. The van der Waals surface area contributed by atoms with Gasteiger partial charge in [-0.3, -0.25) is 19.4 Å². The number of nitrogens with one attached hydrogen (secondary N) is 1. The van der Waals surface area contributed by atoms with E-state index in [0.29, 0.717) is 12.3 Å². The van der Waals surface area contributed by atoms with Crippen LogP contribution in [0.15, 0.2) is 21.8 Å². The van der Waals surface area contributed by atoms with Crippen molar-refractivity contribution in [3.63, 3.8) is 0 Å². The topological polar surface area (TPSA) is 153 Å². The maximum atomic E-state index is 13.0. The Morgan fingerprint density at radius 3 is 2.65 bits per heavy atom. The molecule has 6 rings (SSSR count). The van der Waals surface area contributed by atoms with Crippen LogP contribution in [0.1, 0.15) is 5.69 Å². The van der Waals surface area contributed by atoms with E-state index < -0.39 is 29.2 Å². The number of nitrogens with zero attached hydrogens (tertiary/aromatic N) is 5. The van der Waals surface area contributed by atoms with Crippen molar-refractivity contribution in [1.82, 2.24) is 20.1 Å². The number of piperazine rings is 3. The summed E-state index contributed by atoms with van der Waals surface area (Å²) in [7, 11) is 1.29. The molecule has 1 aromatic heterocycles. The van der Waals surface area contributed by atoms with Gasteiger partial charge in [0.15, 0.2) is 10.8 Å². The number of hydrogen-bond acceptors (Lipinski definition) is 11. The van der Waals surface area contributed by atoms with Crippen LogP contribution in [0.25, 0.3) is 0 Å². The van der Waals surface area contributed by atoms with Crippen molar-refractivity contribution in [2.45, 2.75) is 11.4 Å². The van der Waals surface area contributed by atoms with E-state index in [1.54, 1.807) is 5.38 Å². The van der Waals surface area contributed by atoms with Gasteiger partial charge in [-0.05, 0) is 0 Å². The van der Waals surface area contributed by atoms with Gasteiger partial charge in [0.05, 0.1) is 31.3 Å². The number of nitrogens with two attached hydrogens (primary N) is 1. The van der Waals surface area contributed by atoms with Gasteiger partial charge in [0, 0.05) is 36.3 Å². The zero-order chi connectivity index (χ0) is 24.0. The summed E-state index contributed by atoms with van der Waals surface area (Å²) in [5.41, 5.74) is 6.46. The molecular formula is C20H25N7O5S2. The summed E-state index contributed by atoms with van der Waals surface area (Å²) in [6.45, 7) is 6.57. The van der Waals surface area contributed by atoms with Crippen molar-refractivity contribution in [2.24, 2.45) is 5.16 Å². The maximum absolute atomic E-state index is 13.0. The van der Waals surface area contributed by atoms with Crippen molar-refractivity contribution >= 4 is 51.7 Å². The minimum absolute atomic E-state index is 0.0437. The van der Waals surface area contributed by atoms with Crippen LogP contribution in [-0.2, 0) is 19.2 Å². The lowest BCUT2D eigenvalue weighted by atomic mass is 10.0. The van der Waals surface area contributed by atoms with Crippen LogP contribution < -0.4 is 16.2 Å². The molecule has 2 amide bonds. The maximum Gasteiger partial charge on any atom is 0.276 e. The van der Waals surface area contributed by atoms with Gasteiger partial charge in [-0.15, -0.1) is 23.1 Å². The van der Waals surface area contributed by atoms with E-state index in [2.05, 4.69) is 20.4 Å². The Hall–Kier alpha value is -2.68. The number of oxime groups is 1. The van der Waals surface area contributed by atoms with E-state index in [1.165, 1.54) is 23.8 Å². The van der Waals surface area contributed by atoms with Crippen LogP contribution in [0.3, 0.4) is 0 Å². The Morgan fingerprint density at radius 2 is 2.06 bits per heavy atom. The smallest absolute Gasteiger partial charge is 0.276 e. The zero-order valence-corrected chi connectivity index (χ0v) is 20.2. The Balaban J connectivity index is 1.33. The van der Waals surface area contributed by atoms with Crippen LogP contribution in [0, 0.1) is 0 Å². The summed E-state index contributed by atoms with van der Waals surface area (Å²) in [5.74, 6) is -2.03. The van der Waals surface area contributed by atoms with Crippen molar-refractivity contribution < 1.29 is 28.8 Å². The van der Waals surface area contributed by atoms with Crippen LogP contribution in [-0.4, -0.2) is 113 Å². The van der Waals surface area contributed by atoms with Crippen LogP contribution in [0.2, 0.25) is 0 Å². The molecule has 0 aromatic carbocycles. The fourth-order valence-electron chi connectivity index (χ4n) is 5.07. The number of thiazole rings is 1. The molecule has 0 saturated carbocycles. The Morgan fingerprint density at radius 1 is 1.35 bits per heavy atom. The first-order valence-electron chi connectivity index (χ1n) is 10.9. The number of thioether (sulfide) groups is 1. The fourth-order valence-corrected chi connectivity index (χ4v) is 6.95. The highest BCUT2D eigenvalue weighted by molar-refractivity contribution is 8.00. The average molecular weight is 508 g/mol. The molecule has 1 aromatic rings. The molecule has 34 heavy (non-hydrogen) atoms. The number of β-lactam (4-membered cyclic amide) rings is 1. The summed E-state index contributed by atoms with van der Waals surface area (Å²) in [6, 6.07) is -0.892. The van der Waals surface area contributed by atoms with Gasteiger partial charge in [-0.1, -0.05) is 5.16 Å². The first-order chi connectivity index (χ1) is 16.3. The number of carbonyl (C=O) groups excluding carboxylic acids is 3. The normalized spacial score (nSPS) is 30.6. The highest BCUT2D eigenvalue weighted by atomic mass is 32.2. The highest BCUT2D eigenvalue weighted by Gasteiger charge is 2.54. The third kappa shape index (κ3) is 3.93. The molecule has 0 spiro atoms. The number of aliphatic carboxylic acids is 1. The van der Waals surface area contributed by atoms with Gasteiger partial charge in [-0.25, -0.2) is 4.98 Å². The van der Waals surface area contributed by atoms with Gasteiger partial charge in [-0.2, -0.15) is 0 Å². The molecule has 0 radical (unpaired) electrons. The number of fused-ring (bicyclic) bond motifs is 4. The number of nitrogen functional groups attached to an aromatic ring is 1. The minimum atomic E-state index is -1.35. The second-order valence-electron chi connectivity index (χ2n) is 8.81. The molecular weight excluding hydrogens is 482 g/mol. The zero-order valence-electron chi connectivity index (χ0n) is 18.6. The standard InChI is InChI=1S/C20H25N7O5S2/c1-32-24-13(12-10-34-20(21)22-12)16(28)23-14-17(29)26-15(19(30)31)11(9-33-18(14)26)8-27-5-2-25(3-6-27)4-7-27/h10,14,18H,2-9H2,1H3,(H3-,21,22,23,28,30,31)/b24-13-/t14?,18-/m1/s1. The summed E-state index contributed by atoms with van der Waals surface area (Å²) >= 11 is 2.59. The summed E-state index contributed by atoms with van der Waals surface area (Å²) < 4.78 is 0.851. The first-order valence-corrected chi connectivity index (χ1v) is 12.8. The van der Waals surface area contributed by atoms with Gasteiger partial charge in [0.2, 0.25) is 0 Å². The molecule has 14 heteroatoms. The molecule has 1 unspecified atom stereocenters. The molecule has 0 aliphatic carbocycles. The number of amides is 2. The number of aromatic nitrogens is 1. The van der Waals surface area contributed by atoms with Crippen molar-refractivity contribution in [3.05, 3.63) is 22.3 Å². The number of carbonyl (C=O) groups is 3. The van der Waals surface area contributed by atoms with Gasteiger partial charge >= 0.3 is 0 Å². The van der Waals surface area contributed by atoms with Crippen LogP contribution in [0.5, 0.6) is 0 Å². The fraction of sp³-hybridized carbons (Fsp3) is 0.550. The third-order valence-corrected chi connectivity index (χ3v) is 8.90. The second-order valence-corrected chi connectivity index (χ2v) is 10.8. The third-order valence-electron chi connectivity index (χ3n) is 6.89. The lowest BCUT2D eigenvalue weighted by Crippen LogP contribution is -2.72. The number of quaternary nitrogens is 1. The SMILES string of the molecule is CO/N=C(\C(=O)NC1C(=O)N2C(C(=O)[O-])=C(C[N+]34CCN(CC3)CC4)CS[C@H]12)c1csc(N)n1. The molecule has 5 aliphatic heterocycles. The van der Waals surface area contributed by atoms with E-state index in [1.807, 2.05) is 0 Å². The van der Waals surface area contributed by atoms with E-state index >= 15 is 0 Å². The Bertz CT molecular complexity index is 1080. The number of anilines is 1. The predicted octanol–water partition coefficient (Wildman–Crippen LogP) is -2.37. The molecule has 4 saturated heterocycles. The average Bonchev–Trinajstić information content (AvgIpc) is 3.27. The molecule has 2 atom stereocenters. The largest absolute Gasteiger partial charge is 0.543 e. The lowest BCUT2D eigenvalue weighted by Gasteiger charge is -2.54. The number of carboxylic acid groups (broad SMARTS) is 1. The van der Waals surface area contributed by atoms with E-state index in [0.717, 1.165) is 60.7 Å². The molecule has 5 aliphatic rings. The van der Waals surface area contributed by atoms with Gasteiger partial charge in [0.25, 0.3) is 11.8 Å². The monoisotopic (exact) mass is 507 g/mol. The van der Waals surface area contributed by atoms with Gasteiger partial charge < -0.3 is 30.3 Å². The molecule has 182 valence electrons. The number of carboxylic acids is 1. The molecule has 3 N–H and O–H groups in total. The van der Waals surface area contributed by atoms with E-state index in [9.17, 15) is 19.5 Å². The molecule has 12 nitrogen and oxygen atoms in total. The minimum Gasteiger partial charge on any atom is -0.543 e. The lowest BCUT2D eigenvalue weighted by molar-refractivity contribution is -0.936. The van der Waals surface area contributed by atoms with Crippen molar-refractivity contribution in [1.29, 1.82) is 0 Å². The number of rotatable bonds is 7. The first kappa shape index (κ1) is 23.1.